The average Bonchev–Trinajstić information content (AvgIpc) is 3.02. The second kappa shape index (κ2) is 10.7. The van der Waals surface area contributed by atoms with Crippen molar-refractivity contribution in [1.82, 2.24) is 4.90 Å². The highest BCUT2D eigenvalue weighted by Crippen LogP contribution is 2.22. The van der Waals surface area contributed by atoms with Gasteiger partial charge in [0.15, 0.2) is 0 Å². The normalized spacial score (nSPS) is 16.4. The Kier molecular flexibility index (Phi) is 9.23. The van der Waals surface area contributed by atoms with Crippen LogP contribution in [0.5, 0.6) is 5.75 Å². The molecule has 0 saturated carbocycles. The fourth-order valence-corrected chi connectivity index (χ4v) is 3.27. The largest absolute Gasteiger partial charge is 0.489 e. The summed E-state index contributed by atoms with van der Waals surface area (Å²) < 4.78 is 6.02. The first-order chi connectivity index (χ1) is 12.8. The van der Waals surface area contributed by atoms with Crippen molar-refractivity contribution >= 4 is 42.1 Å². The monoisotopic (exact) mass is 441 g/mol. The second-order valence-corrected chi connectivity index (χ2v) is 7.64. The van der Waals surface area contributed by atoms with Gasteiger partial charge in [-0.25, -0.2) is 0 Å². The van der Waals surface area contributed by atoms with E-state index in [1.54, 1.807) is 24.3 Å². The predicted molar refractivity (Wildman–Crippen MR) is 122 cm³/mol. The van der Waals surface area contributed by atoms with Crippen molar-refractivity contribution in [3.8, 4) is 5.75 Å². The Hall–Kier alpha value is -1.99. The summed E-state index contributed by atoms with van der Waals surface area (Å²) in [6.45, 7) is 5.96. The van der Waals surface area contributed by atoms with Crippen LogP contribution in [-0.2, 0) is 0 Å². The number of nitrogens with two attached hydrogens (primary N) is 1. The molecule has 1 aliphatic heterocycles. The van der Waals surface area contributed by atoms with Crippen LogP contribution in [0.4, 0.5) is 11.4 Å². The van der Waals surface area contributed by atoms with Crippen molar-refractivity contribution in [3.63, 3.8) is 0 Å². The number of rotatable bonds is 6. The van der Waals surface area contributed by atoms with E-state index in [2.05, 4.69) is 10.2 Å². The molecular formula is C21H29Cl2N3O3. The zero-order valence-electron chi connectivity index (χ0n) is 16.6. The third-order valence-corrected chi connectivity index (χ3v) is 4.47. The summed E-state index contributed by atoms with van der Waals surface area (Å²) in [5, 5.41) is 12.7. The van der Waals surface area contributed by atoms with Crippen LogP contribution in [-0.4, -0.2) is 47.3 Å². The van der Waals surface area contributed by atoms with E-state index in [1.807, 2.05) is 38.1 Å². The van der Waals surface area contributed by atoms with Gasteiger partial charge >= 0.3 is 0 Å². The maximum Gasteiger partial charge on any atom is 0.255 e. The van der Waals surface area contributed by atoms with Crippen molar-refractivity contribution in [2.75, 3.05) is 30.7 Å². The number of β-amino-alcohol motifs (C(OH)–C–C–N with tert-alkyl or cyclic N) is 1. The second-order valence-electron chi connectivity index (χ2n) is 7.64. The lowest BCUT2D eigenvalue weighted by atomic mass is 10.1. The highest BCUT2D eigenvalue weighted by Gasteiger charge is 2.27. The molecule has 6 nitrogen and oxygen atoms in total. The molecular weight excluding hydrogens is 413 g/mol. The lowest BCUT2D eigenvalue weighted by Crippen LogP contribution is -2.38. The molecule has 0 spiro atoms. The van der Waals surface area contributed by atoms with Crippen LogP contribution in [0, 0.1) is 0 Å². The van der Waals surface area contributed by atoms with Crippen molar-refractivity contribution in [3.05, 3.63) is 54.1 Å². The van der Waals surface area contributed by atoms with E-state index in [0.717, 1.165) is 25.3 Å². The Labute approximate surface area is 184 Å². The molecule has 1 heterocycles. The SMILES string of the molecule is CC(C)(O)CN1CCC(Oc2ccc(C(=O)Nc3ccccc3N)cc2)C1.Cl.Cl. The number of hydrogen-bond donors (Lipinski definition) is 3. The van der Waals surface area contributed by atoms with E-state index in [-0.39, 0.29) is 36.8 Å². The summed E-state index contributed by atoms with van der Waals surface area (Å²) in [6, 6.07) is 14.3. The number of ether oxygens (including phenoxy) is 1. The van der Waals surface area contributed by atoms with E-state index in [4.69, 9.17) is 10.5 Å². The Bertz CT molecular complexity index is 795. The summed E-state index contributed by atoms with van der Waals surface area (Å²) in [6.07, 6.45) is 1.02. The first-order valence-electron chi connectivity index (χ1n) is 9.17. The Morgan fingerprint density at radius 2 is 1.86 bits per heavy atom. The number of anilines is 2. The fourth-order valence-electron chi connectivity index (χ4n) is 3.27. The molecule has 4 N–H and O–H groups in total. The highest BCUT2D eigenvalue weighted by atomic mass is 35.5. The number of amides is 1. The molecule has 3 rings (SSSR count). The van der Waals surface area contributed by atoms with Gasteiger partial charge in [0.1, 0.15) is 11.9 Å². The van der Waals surface area contributed by atoms with Crippen molar-refractivity contribution < 1.29 is 14.6 Å². The molecule has 1 unspecified atom stereocenters. The zero-order chi connectivity index (χ0) is 19.4. The molecule has 160 valence electrons. The van der Waals surface area contributed by atoms with Gasteiger partial charge in [0.2, 0.25) is 0 Å². The highest BCUT2D eigenvalue weighted by molar-refractivity contribution is 6.05. The van der Waals surface area contributed by atoms with Crippen LogP contribution >= 0.6 is 24.8 Å². The molecule has 0 radical (unpaired) electrons. The molecule has 1 atom stereocenters. The summed E-state index contributed by atoms with van der Waals surface area (Å²) in [7, 11) is 0. The summed E-state index contributed by atoms with van der Waals surface area (Å²) in [5.41, 5.74) is 6.83. The number of nitrogens with zero attached hydrogens (tertiary/aromatic N) is 1. The number of halogens is 2. The van der Waals surface area contributed by atoms with Crippen LogP contribution in [0.15, 0.2) is 48.5 Å². The van der Waals surface area contributed by atoms with Crippen LogP contribution in [0.25, 0.3) is 0 Å². The van der Waals surface area contributed by atoms with Crippen LogP contribution in [0.3, 0.4) is 0 Å². The minimum atomic E-state index is -0.702. The van der Waals surface area contributed by atoms with Crippen LogP contribution in [0.2, 0.25) is 0 Å². The van der Waals surface area contributed by atoms with Crippen molar-refractivity contribution in [1.29, 1.82) is 0 Å². The molecule has 8 heteroatoms. The molecule has 29 heavy (non-hydrogen) atoms. The first kappa shape index (κ1) is 25.0. The van der Waals surface area contributed by atoms with E-state index < -0.39 is 5.60 Å². The summed E-state index contributed by atoms with van der Waals surface area (Å²) in [4.78, 5) is 14.6. The molecule has 0 aliphatic carbocycles. The van der Waals surface area contributed by atoms with Crippen molar-refractivity contribution in [2.45, 2.75) is 32.0 Å². The molecule has 2 aromatic carbocycles. The molecule has 1 amide bonds. The quantitative estimate of drug-likeness (QED) is 0.596. The van der Waals surface area contributed by atoms with Crippen molar-refractivity contribution in [2.24, 2.45) is 0 Å². The summed E-state index contributed by atoms with van der Waals surface area (Å²) in [5.74, 6) is 0.526. The molecule has 1 fully saturated rings. The minimum absolute atomic E-state index is 0. The molecule has 1 aliphatic rings. The molecule has 0 aromatic heterocycles. The summed E-state index contributed by atoms with van der Waals surface area (Å²) >= 11 is 0. The first-order valence-corrected chi connectivity index (χ1v) is 9.17. The maximum atomic E-state index is 12.4. The third kappa shape index (κ3) is 7.40. The molecule has 1 saturated heterocycles. The van der Waals surface area contributed by atoms with Crippen LogP contribution < -0.4 is 15.8 Å². The van der Waals surface area contributed by atoms with E-state index in [1.165, 1.54) is 0 Å². The Morgan fingerprint density at radius 3 is 2.48 bits per heavy atom. The molecule has 0 bridgehead atoms. The lowest BCUT2D eigenvalue weighted by Gasteiger charge is -2.25. The number of carbonyl (C=O) groups is 1. The Morgan fingerprint density at radius 1 is 1.21 bits per heavy atom. The van der Waals surface area contributed by atoms with Gasteiger partial charge in [-0.05, 0) is 56.7 Å². The maximum absolute atomic E-state index is 12.4. The van der Waals surface area contributed by atoms with Gasteiger partial charge in [-0.15, -0.1) is 24.8 Å². The number of benzene rings is 2. The topological polar surface area (TPSA) is 87.8 Å². The number of carbonyl (C=O) groups excluding carboxylic acids is 1. The number of para-hydroxylation sites is 2. The van der Waals surface area contributed by atoms with Gasteiger partial charge in [0, 0.05) is 25.2 Å². The van der Waals surface area contributed by atoms with Gasteiger partial charge in [0.25, 0.3) is 5.91 Å². The smallest absolute Gasteiger partial charge is 0.255 e. The molecule has 2 aromatic rings. The Balaban J connectivity index is 0.00000210. The average molecular weight is 442 g/mol. The number of hydrogen-bond acceptors (Lipinski definition) is 5. The van der Waals surface area contributed by atoms with Gasteiger partial charge in [0.05, 0.1) is 17.0 Å². The van der Waals surface area contributed by atoms with Gasteiger partial charge < -0.3 is 20.9 Å². The lowest BCUT2D eigenvalue weighted by molar-refractivity contribution is 0.0407. The zero-order valence-corrected chi connectivity index (χ0v) is 18.3. The standard InChI is InChI=1S/C21H27N3O3.2ClH/c1-21(2,26)14-24-12-11-17(13-24)27-16-9-7-15(8-10-16)20(25)23-19-6-4-3-5-18(19)22;;/h3-10,17,26H,11-14,22H2,1-2H3,(H,23,25);2*1H. The number of aliphatic hydroxyl groups is 1. The van der Waals surface area contributed by atoms with E-state index in [0.29, 0.717) is 23.5 Å². The van der Waals surface area contributed by atoms with E-state index in [9.17, 15) is 9.90 Å². The van der Waals surface area contributed by atoms with Gasteiger partial charge in [-0.3, -0.25) is 9.69 Å². The minimum Gasteiger partial charge on any atom is -0.489 e. The number of likely N-dealkylation sites (tertiary alicyclic amines) is 1. The van der Waals surface area contributed by atoms with Crippen LogP contribution in [0.1, 0.15) is 30.6 Å². The van der Waals surface area contributed by atoms with E-state index >= 15 is 0 Å². The van der Waals surface area contributed by atoms with Gasteiger partial charge in [-0.2, -0.15) is 0 Å². The number of nitrogen functional groups attached to an aromatic ring is 1. The number of nitrogens with one attached hydrogen (secondary N) is 1. The van der Waals surface area contributed by atoms with Gasteiger partial charge in [-0.1, -0.05) is 12.1 Å². The third-order valence-electron chi connectivity index (χ3n) is 4.47. The predicted octanol–water partition coefficient (Wildman–Crippen LogP) is 3.59. The fraction of sp³-hybridized carbons (Fsp3) is 0.381.